The molecule has 0 radical (unpaired) electrons. The van der Waals surface area contributed by atoms with Gasteiger partial charge >= 0.3 is 15.2 Å². The number of nitrogen functional groups attached to an aromatic ring is 2. The molecule has 0 saturated heterocycles. The fourth-order valence-electron chi connectivity index (χ4n) is 7.67. The second-order valence-corrected chi connectivity index (χ2v) is 21.9. The van der Waals surface area contributed by atoms with Crippen LogP contribution in [0.2, 0.25) is 5.02 Å². The predicted molar refractivity (Wildman–Crippen MR) is 291 cm³/mol. The molecule has 0 aliphatic carbocycles. The Morgan fingerprint density at radius 3 is 1.41 bits per heavy atom. The maximum absolute atomic E-state index is 13.7. The highest BCUT2D eigenvalue weighted by atomic mass is 35.5. The van der Waals surface area contributed by atoms with Gasteiger partial charge in [-0.3, -0.25) is 37.7 Å². The van der Waals surface area contributed by atoms with Crippen molar-refractivity contribution in [2.45, 2.75) is 26.3 Å². The third-order valence-corrected chi connectivity index (χ3v) is 14.8. The van der Waals surface area contributed by atoms with Gasteiger partial charge in [0, 0.05) is 29.2 Å². The molecule has 0 amide bonds. The Morgan fingerprint density at radius 2 is 0.988 bits per heavy atom. The highest BCUT2D eigenvalue weighted by Gasteiger charge is 2.33. The molecule has 82 heavy (non-hydrogen) atoms. The molecular weight excluding hydrogens is 1140 g/mol. The molecule has 2 unspecified atom stereocenters. The Kier molecular flexibility index (Phi) is 18.5. The molecule has 2 atom stereocenters. The third-order valence-electron chi connectivity index (χ3n) is 11.5. The Hall–Kier alpha value is -8.36. The largest absolute Gasteiger partial charge is 0.424 e. The molecule has 428 valence electrons. The average Bonchev–Trinajstić information content (AvgIpc) is 4.38. The summed E-state index contributed by atoms with van der Waals surface area (Å²) in [5.74, 6) is -0.663. The summed E-state index contributed by atoms with van der Waals surface area (Å²) in [7, 11) is -7.94. The fraction of sp³-hybridized carbons (Fsp3) is 0.192. The summed E-state index contributed by atoms with van der Waals surface area (Å²) in [4.78, 5) is 45.0. The highest BCUT2D eigenvalue weighted by Crippen LogP contribution is 2.51. The van der Waals surface area contributed by atoms with Crippen LogP contribution in [0.1, 0.15) is 22.3 Å². The summed E-state index contributed by atoms with van der Waals surface area (Å²) >= 11 is 5.98. The smallest absolute Gasteiger partial charge is 0.356 e. The zero-order valence-corrected chi connectivity index (χ0v) is 45.4. The van der Waals surface area contributed by atoms with Gasteiger partial charge in [0.1, 0.15) is 43.4 Å². The first-order chi connectivity index (χ1) is 39.4. The number of ether oxygens (including phenoxy) is 6. The first kappa shape index (κ1) is 58.3. The minimum absolute atomic E-state index is 0.0104. The fourth-order valence-corrected chi connectivity index (χ4v) is 10.3. The minimum atomic E-state index is -3.99. The summed E-state index contributed by atoms with van der Waals surface area (Å²) in [6.45, 7) is 6.63. The summed E-state index contributed by atoms with van der Waals surface area (Å²) in [6.07, 6.45) is 1.89. The lowest BCUT2D eigenvalue weighted by atomic mass is 10.1. The van der Waals surface area contributed by atoms with Gasteiger partial charge in [-0.2, -0.15) is 9.97 Å². The quantitative estimate of drug-likeness (QED) is 0.0324. The van der Waals surface area contributed by atoms with Crippen LogP contribution in [-0.4, -0.2) is 78.2 Å². The van der Waals surface area contributed by atoms with Gasteiger partial charge in [0.15, 0.2) is 45.4 Å². The maximum Gasteiger partial charge on any atom is 0.356 e. The molecule has 6 heterocycles. The van der Waals surface area contributed by atoms with E-state index < -0.39 is 56.5 Å². The third kappa shape index (κ3) is 15.1. The molecule has 10 rings (SSSR count). The Bertz CT molecular complexity index is 3700. The lowest BCUT2D eigenvalue weighted by Gasteiger charge is -2.19. The van der Waals surface area contributed by atoms with Gasteiger partial charge in [0.05, 0.1) is 39.1 Å². The zero-order valence-electron chi connectivity index (χ0n) is 42.8. The number of hydrogen-bond donors (Lipinski definition) is 4. The monoisotopic (exact) mass is 1190 g/mol. The summed E-state index contributed by atoms with van der Waals surface area (Å²) < 4.78 is 127. The molecule has 24 nitrogen and oxygen atoms in total. The molecule has 2 aliphatic rings. The van der Waals surface area contributed by atoms with Crippen molar-refractivity contribution in [1.29, 1.82) is 0 Å². The van der Waals surface area contributed by atoms with Gasteiger partial charge < -0.3 is 58.1 Å². The van der Waals surface area contributed by atoms with Crippen LogP contribution < -0.4 is 22.6 Å². The second kappa shape index (κ2) is 26.0. The highest BCUT2D eigenvalue weighted by molar-refractivity contribution is 7.53. The molecule has 2 aliphatic heterocycles. The van der Waals surface area contributed by atoms with Crippen LogP contribution in [0.3, 0.4) is 0 Å². The van der Waals surface area contributed by atoms with Crippen LogP contribution in [0.4, 0.5) is 25.1 Å². The van der Waals surface area contributed by atoms with Crippen molar-refractivity contribution in [2.24, 2.45) is 0 Å². The summed E-state index contributed by atoms with van der Waals surface area (Å²) in [6, 6.07) is 23.5. The number of nitrogens with one attached hydrogen (secondary N) is 2. The number of nitrogens with zero attached hydrogens (tertiary/aromatic N) is 6. The van der Waals surface area contributed by atoms with Crippen LogP contribution >= 0.6 is 26.8 Å². The van der Waals surface area contributed by atoms with E-state index in [1.165, 1.54) is 73.3 Å². The SMILES string of the molecule is C=C1OC(COP(=O)(COCCn2cnc3c(=O)[nH]c(N)nc32)OCc2cccc(F)c2)=C(c2ccc(Cl)cc2)O1.C=C1OC(COP(=O)(COCCn2cnc3c(=O)[nH]c(N)nc32)OCc2cccc(F)c2)=C(c2ccc(F)cc2)O1. The average molecular weight is 1190 g/mol. The number of rotatable bonds is 24. The number of anilines is 2. The topological polar surface area (TPSA) is 306 Å². The lowest BCUT2D eigenvalue weighted by Crippen LogP contribution is -2.13. The number of imidazole rings is 2. The van der Waals surface area contributed by atoms with Crippen molar-refractivity contribution in [3.63, 3.8) is 0 Å². The Balaban J connectivity index is 0.000000198. The number of halogens is 4. The van der Waals surface area contributed by atoms with Gasteiger partial charge in [0.25, 0.3) is 23.0 Å². The van der Waals surface area contributed by atoms with Crippen molar-refractivity contribution in [1.82, 2.24) is 39.0 Å². The first-order valence-electron chi connectivity index (χ1n) is 24.3. The molecule has 0 saturated carbocycles. The van der Waals surface area contributed by atoms with Crippen LogP contribution in [0.5, 0.6) is 0 Å². The maximum atomic E-state index is 13.7. The van der Waals surface area contributed by atoms with E-state index in [0.717, 1.165) is 0 Å². The molecule has 4 aromatic heterocycles. The standard InChI is InChI=1S/C26H24ClFN5O7P.C26H24F2N5O7P/c2*1-16-39-21(23(40-16)18-5-7-19(27)8-6-18)13-38-41(35,37-12-17-3-2-4-20(28)11-17)15-36-10-9-33-14-30-22-24(33)31-26(29)32-25(22)34/h2*2-8,11,14H,1,9-10,12-13,15H2,(H3,29,31,32,34). The molecular formula is C52H48ClF3N10O14P2. The second-order valence-electron chi connectivity index (χ2n) is 17.4. The van der Waals surface area contributed by atoms with Crippen molar-refractivity contribution < 1.29 is 68.8 Å². The molecule has 6 N–H and O–H groups in total. The molecule has 8 aromatic rings. The molecule has 30 heteroatoms. The van der Waals surface area contributed by atoms with E-state index >= 15 is 0 Å². The van der Waals surface area contributed by atoms with E-state index in [-0.39, 0.29) is 116 Å². The Labute approximate surface area is 467 Å². The van der Waals surface area contributed by atoms with E-state index in [4.69, 9.17) is 69.6 Å². The van der Waals surface area contributed by atoms with Crippen molar-refractivity contribution in [3.05, 3.63) is 212 Å². The molecule has 0 bridgehead atoms. The van der Waals surface area contributed by atoms with Crippen LogP contribution in [0.15, 0.2) is 156 Å². The molecule has 0 spiro atoms. The van der Waals surface area contributed by atoms with E-state index in [1.807, 2.05) is 0 Å². The Morgan fingerprint density at radius 1 is 0.573 bits per heavy atom. The van der Waals surface area contributed by atoms with Crippen LogP contribution in [0.25, 0.3) is 33.8 Å². The zero-order chi connectivity index (χ0) is 58.0. The number of benzene rings is 4. The number of aromatic amines is 2. The summed E-state index contributed by atoms with van der Waals surface area (Å²) in [5, 5.41) is 0.534. The van der Waals surface area contributed by atoms with Crippen LogP contribution in [-0.2, 0) is 81.9 Å². The van der Waals surface area contributed by atoms with Gasteiger partial charge in [-0.1, -0.05) is 35.9 Å². The van der Waals surface area contributed by atoms with E-state index in [2.05, 4.69) is 43.1 Å². The predicted octanol–water partition coefficient (Wildman–Crippen LogP) is 9.05. The summed E-state index contributed by atoms with van der Waals surface area (Å²) in [5.41, 5.74) is 13.1. The number of hydrogen-bond acceptors (Lipinski definition) is 20. The van der Waals surface area contributed by atoms with Crippen molar-refractivity contribution in [3.8, 4) is 0 Å². The minimum Gasteiger partial charge on any atom is -0.424 e. The lowest BCUT2D eigenvalue weighted by molar-refractivity contribution is 0.114. The first-order valence-corrected chi connectivity index (χ1v) is 28.1. The number of fused-ring (bicyclic) bond motifs is 2. The van der Waals surface area contributed by atoms with Gasteiger partial charge in [-0.25, -0.2) is 23.1 Å². The number of H-pyrrole nitrogens is 2. The van der Waals surface area contributed by atoms with Gasteiger partial charge in [-0.15, -0.1) is 0 Å². The van der Waals surface area contributed by atoms with Crippen LogP contribution in [0, 0.1) is 17.5 Å². The number of nitrogens with two attached hydrogens (primary N) is 2. The normalized spacial score (nSPS) is 14.7. The number of aromatic nitrogens is 8. The molecule has 4 aromatic carbocycles. The van der Waals surface area contributed by atoms with Crippen molar-refractivity contribution in [2.75, 3.05) is 50.6 Å². The van der Waals surface area contributed by atoms with E-state index in [0.29, 0.717) is 33.0 Å². The van der Waals surface area contributed by atoms with Gasteiger partial charge in [0.2, 0.25) is 11.9 Å². The van der Waals surface area contributed by atoms with Crippen molar-refractivity contribution >= 4 is 72.5 Å². The van der Waals surface area contributed by atoms with Gasteiger partial charge in [-0.05, 0) is 97.1 Å². The van der Waals surface area contributed by atoms with E-state index in [1.54, 1.807) is 45.5 Å². The van der Waals surface area contributed by atoms with E-state index in [9.17, 15) is 31.9 Å². The molecule has 0 fully saturated rings.